The molecule has 0 aromatic heterocycles. The van der Waals surface area contributed by atoms with Gasteiger partial charge in [-0.15, -0.1) is 0 Å². The van der Waals surface area contributed by atoms with Gasteiger partial charge >= 0.3 is 0 Å². The van der Waals surface area contributed by atoms with E-state index in [1.165, 1.54) is 11.4 Å². The van der Waals surface area contributed by atoms with Crippen LogP contribution in [0, 0.1) is 6.92 Å². The number of hydrogen-bond donors (Lipinski definition) is 1. The first-order chi connectivity index (χ1) is 9.50. The number of ether oxygens (including phenoxy) is 1. The predicted molar refractivity (Wildman–Crippen MR) is 76.3 cm³/mol. The summed E-state index contributed by atoms with van der Waals surface area (Å²) >= 11 is 0. The Morgan fingerprint density at radius 2 is 2.10 bits per heavy atom. The third-order valence-corrected chi connectivity index (χ3v) is 5.68. The summed E-state index contributed by atoms with van der Waals surface area (Å²) in [4.78, 5) is 0.181. The number of methoxy groups -OCH3 is 1. The van der Waals surface area contributed by atoms with Crippen molar-refractivity contribution in [3.63, 3.8) is 0 Å². The van der Waals surface area contributed by atoms with Crippen LogP contribution in [0.2, 0.25) is 0 Å². The van der Waals surface area contributed by atoms with E-state index in [-0.39, 0.29) is 24.1 Å². The highest BCUT2D eigenvalue weighted by Crippen LogP contribution is 2.33. The first-order valence-electron chi connectivity index (χ1n) is 6.78. The van der Waals surface area contributed by atoms with Crippen molar-refractivity contribution >= 4 is 10.0 Å². The maximum absolute atomic E-state index is 12.8. The molecule has 0 saturated heterocycles. The second kappa shape index (κ2) is 6.11. The minimum absolute atomic E-state index is 0.00244. The summed E-state index contributed by atoms with van der Waals surface area (Å²) < 4.78 is 32.2. The summed E-state index contributed by atoms with van der Waals surface area (Å²) in [5.41, 5.74) is 0.863. The Morgan fingerprint density at radius 3 is 2.60 bits per heavy atom. The number of rotatable bonds is 6. The molecule has 6 heteroatoms. The van der Waals surface area contributed by atoms with Gasteiger partial charge in [-0.2, -0.15) is 4.31 Å². The van der Waals surface area contributed by atoms with Crippen molar-refractivity contribution in [2.75, 3.05) is 20.3 Å². The molecule has 2 rings (SSSR count). The molecule has 1 fully saturated rings. The van der Waals surface area contributed by atoms with Gasteiger partial charge in [0, 0.05) is 12.6 Å². The molecular formula is C14H21NO4S. The van der Waals surface area contributed by atoms with Gasteiger partial charge in [-0.25, -0.2) is 8.42 Å². The van der Waals surface area contributed by atoms with Gasteiger partial charge in [-0.1, -0.05) is 12.5 Å². The highest BCUT2D eigenvalue weighted by molar-refractivity contribution is 7.89. The normalized spacial score (nSPS) is 16.2. The topological polar surface area (TPSA) is 66.8 Å². The van der Waals surface area contributed by atoms with Crippen LogP contribution in [0.3, 0.4) is 0 Å². The summed E-state index contributed by atoms with van der Waals surface area (Å²) in [7, 11) is -2.18. The van der Waals surface area contributed by atoms with Crippen LogP contribution in [0.1, 0.15) is 24.8 Å². The Balaban J connectivity index is 2.43. The first kappa shape index (κ1) is 15.3. The zero-order valence-corrected chi connectivity index (χ0v) is 12.7. The number of aryl methyl sites for hydroxylation is 1. The maximum Gasteiger partial charge on any atom is 0.247 e. The van der Waals surface area contributed by atoms with E-state index in [0.29, 0.717) is 5.75 Å². The number of hydrogen-bond acceptors (Lipinski definition) is 4. The lowest BCUT2D eigenvalue weighted by Crippen LogP contribution is -2.45. The highest BCUT2D eigenvalue weighted by atomic mass is 32.2. The number of sulfonamides is 1. The van der Waals surface area contributed by atoms with Crippen LogP contribution < -0.4 is 4.74 Å². The van der Waals surface area contributed by atoms with Gasteiger partial charge in [0.1, 0.15) is 10.6 Å². The van der Waals surface area contributed by atoms with Crippen molar-refractivity contribution in [1.29, 1.82) is 0 Å². The van der Waals surface area contributed by atoms with E-state index >= 15 is 0 Å². The van der Waals surface area contributed by atoms with Crippen LogP contribution in [-0.4, -0.2) is 44.1 Å². The summed E-state index contributed by atoms with van der Waals surface area (Å²) in [5, 5.41) is 9.16. The van der Waals surface area contributed by atoms with Gasteiger partial charge in [0.15, 0.2) is 0 Å². The second-order valence-electron chi connectivity index (χ2n) is 5.08. The molecule has 1 aromatic rings. The Morgan fingerprint density at radius 1 is 1.40 bits per heavy atom. The van der Waals surface area contributed by atoms with Crippen molar-refractivity contribution in [2.24, 2.45) is 0 Å². The standard InChI is InChI=1S/C14H21NO4S/c1-11-6-7-13(19-2)14(10-11)20(17,18)15(8-9-16)12-4-3-5-12/h6-7,10,12,16H,3-5,8-9H2,1-2H3. The summed E-state index contributed by atoms with van der Waals surface area (Å²) in [5.74, 6) is 0.345. The lowest BCUT2D eigenvalue weighted by Gasteiger charge is -2.36. The number of aliphatic hydroxyl groups excluding tert-OH is 1. The lowest BCUT2D eigenvalue weighted by atomic mass is 9.93. The molecule has 1 saturated carbocycles. The van der Waals surface area contributed by atoms with Crippen molar-refractivity contribution in [3.05, 3.63) is 23.8 Å². The quantitative estimate of drug-likeness (QED) is 0.865. The minimum Gasteiger partial charge on any atom is -0.495 e. The molecule has 0 aliphatic heterocycles. The van der Waals surface area contributed by atoms with Gasteiger partial charge in [-0.05, 0) is 37.5 Å². The van der Waals surface area contributed by atoms with E-state index in [0.717, 1.165) is 24.8 Å². The van der Waals surface area contributed by atoms with E-state index in [1.807, 2.05) is 13.0 Å². The number of benzene rings is 1. The van der Waals surface area contributed by atoms with E-state index in [1.54, 1.807) is 12.1 Å². The molecule has 1 aliphatic rings. The van der Waals surface area contributed by atoms with Crippen LogP contribution >= 0.6 is 0 Å². The molecule has 1 aliphatic carbocycles. The molecule has 112 valence electrons. The predicted octanol–water partition coefficient (Wildman–Crippen LogP) is 1.54. The molecule has 0 amide bonds. The average Bonchev–Trinajstić information content (AvgIpc) is 2.36. The smallest absolute Gasteiger partial charge is 0.247 e. The zero-order chi connectivity index (χ0) is 14.8. The molecule has 20 heavy (non-hydrogen) atoms. The van der Waals surface area contributed by atoms with Gasteiger partial charge in [0.05, 0.1) is 13.7 Å². The Bertz CT molecular complexity index is 567. The van der Waals surface area contributed by atoms with Crippen molar-refractivity contribution < 1.29 is 18.3 Å². The molecule has 0 atom stereocenters. The minimum atomic E-state index is -3.64. The second-order valence-corrected chi connectivity index (χ2v) is 6.94. The van der Waals surface area contributed by atoms with Crippen molar-refractivity contribution in [1.82, 2.24) is 4.31 Å². The molecule has 5 nitrogen and oxygen atoms in total. The third-order valence-electron chi connectivity index (χ3n) is 3.71. The molecule has 1 aromatic carbocycles. The first-order valence-corrected chi connectivity index (χ1v) is 8.22. The Hall–Kier alpha value is -1.11. The Kier molecular flexibility index (Phi) is 4.67. The monoisotopic (exact) mass is 299 g/mol. The summed E-state index contributed by atoms with van der Waals surface area (Å²) in [6.07, 6.45) is 2.74. The van der Waals surface area contributed by atoms with Crippen LogP contribution in [0.15, 0.2) is 23.1 Å². The highest BCUT2D eigenvalue weighted by Gasteiger charge is 2.36. The molecular weight excluding hydrogens is 278 g/mol. The van der Waals surface area contributed by atoms with Crippen LogP contribution in [0.25, 0.3) is 0 Å². The van der Waals surface area contributed by atoms with Gasteiger partial charge in [-0.3, -0.25) is 0 Å². The SMILES string of the molecule is COc1ccc(C)cc1S(=O)(=O)N(CCO)C1CCC1. The molecule has 0 spiro atoms. The molecule has 1 N–H and O–H groups in total. The van der Waals surface area contributed by atoms with E-state index < -0.39 is 10.0 Å². The molecule has 0 radical (unpaired) electrons. The molecule has 0 bridgehead atoms. The largest absolute Gasteiger partial charge is 0.495 e. The van der Waals surface area contributed by atoms with Gasteiger partial charge in [0.2, 0.25) is 10.0 Å². The summed E-state index contributed by atoms with van der Waals surface area (Å²) in [6, 6.07) is 5.10. The zero-order valence-electron chi connectivity index (χ0n) is 11.9. The van der Waals surface area contributed by atoms with Crippen molar-refractivity contribution in [3.8, 4) is 5.75 Å². The average molecular weight is 299 g/mol. The van der Waals surface area contributed by atoms with Gasteiger partial charge in [0.25, 0.3) is 0 Å². The molecule has 0 unspecified atom stereocenters. The van der Waals surface area contributed by atoms with Crippen LogP contribution in [0.4, 0.5) is 0 Å². The maximum atomic E-state index is 12.8. The third kappa shape index (κ3) is 2.82. The molecule has 0 heterocycles. The van der Waals surface area contributed by atoms with E-state index in [4.69, 9.17) is 9.84 Å². The van der Waals surface area contributed by atoms with Gasteiger partial charge < -0.3 is 9.84 Å². The summed E-state index contributed by atoms with van der Waals surface area (Å²) in [6.45, 7) is 1.80. The lowest BCUT2D eigenvalue weighted by molar-refractivity contribution is 0.178. The fourth-order valence-corrected chi connectivity index (χ4v) is 4.30. The van der Waals surface area contributed by atoms with Crippen molar-refractivity contribution in [2.45, 2.75) is 37.1 Å². The Labute approximate surface area is 120 Å². The van der Waals surface area contributed by atoms with Crippen LogP contribution in [-0.2, 0) is 10.0 Å². The fraction of sp³-hybridized carbons (Fsp3) is 0.571. The van der Waals surface area contributed by atoms with E-state index in [9.17, 15) is 8.42 Å². The fourth-order valence-electron chi connectivity index (χ4n) is 2.38. The number of nitrogens with zero attached hydrogens (tertiary/aromatic N) is 1. The number of aliphatic hydroxyl groups is 1. The van der Waals surface area contributed by atoms with E-state index in [2.05, 4.69) is 0 Å². The van der Waals surface area contributed by atoms with Crippen LogP contribution in [0.5, 0.6) is 5.75 Å².